The zero-order valence-electron chi connectivity index (χ0n) is 12.9. The average Bonchev–Trinajstić information content (AvgIpc) is 2.90. The molecular formula is C16H19ClN2O2S. The Morgan fingerprint density at radius 1 is 1.45 bits per heavy atom. The Morgan fingerprint density at radius 2 is 2.23 bits per heavy atom. The van der Waals surface area contributed by atoms with Crippen molar-refractivity contribution in [2.45, 2.75) is 33.1 Å². The van der Waals surface area contributed by atoms with Crippen LogP contribution in [0.15, 0.2) is 23.6 Å². The molecule has 6 heteroatoms. The fraction of sp³-hybridized carbons (Fsp3) is 0.375. The van der Waals surface area contributed by atoms with Gasteiger partial charge in [0.2, 0.25) is 5.91 Å². The molecule has 0 bridgehead atoms. The molecule has 2 rings (SSSR count). The summed E-state index contributed by atoms with van der Waals surface area (Å²) in [6, 6.07) is 5.21. The summed E-state index contributed by atoms with van der Waals surface area (Å²) in [5.74, 6) is 0.885. The van der Waals surface area contributed by atoms with Crippen LogP contribution in [-0.4, -0.2) is 17.5 Å². The molecule has 2 aromatic rings. The molecule has 1 aromatic heterocycles. The molecule has 118 valence electrons. The smallest absolute Gasteiger partial charge is 0.230 e. The standard InChI is InChI=1S/C16H19ClN2O2S/c1-4-21-14-6-5-11(7-13(14)17)18-15(20)8-12-9-22-16(19-12)10(2)3/h5-7,9-10H,4,8H2,1-3H3,(H,18,20). The third-order valence-corrected chi connectivity index (χ3v) is 4.41. The third-order valence-electron chi connectivity index (χ3n) is 2.92. The van der Waals surface area contributed by atoms with Gasteiger partial charge in [0.25, 0.3) is 0 Å². The molecule has 0 atom stereocenters. The molecule has 1 N–H and O–H groups in total. The van der Waals surface area contributed by atoms with E-state index in [4.69, 9.17) is 16.3 Å². The van der Waals surface area contributed by atoms with Crippen LogP contribution in [0.25, 0.3) is 0 Å². The van der Waals surface area contributed by atoms with Gasteiger partial charge in [0, 0.05) is 17.0 Å². The number of aromatic nitrogens is 1. The fourth-order valence-corrected chi connectivity index (χ4v) is 2.96. The second-order valence-corrected chi connectivity index (χ2v) is 6.43. The summed E-state index contributed by atoms with van der Waals surface area (Å²) in [6.45, 7) is 6.62. The van der Waals surface area contributed by atoms with E-state index >= 15 is 0 Å². The fourth-order valence-electron chi connectivity index (χ4n) is 1.89. The topological polar surface area (TPSA) is 51.2 Å². The van der Waals surface area contributed by atoms with Crippen molar-refractivity contribution in [1.29, 1.82) is 0 Å². The number of thiazole rings is 1. The van der Waals surface area contributed by atoms with Crippen molar-refractivity contribution in [2.75, 3.05) is 11.9 Å². The number of ether oxygens (including phenoxy) is 1. The van der Waals surface area contributed by atoms with Gasteiger partial charge in [0.05, 0.1) is 28.8 Å². The molecule has 0 aliphatic rings. The first-order chi connectivity index (χ1) is 10.5. The monoisotopic (exact) mass is 338 g/mol. The Hall–Kier alpha value is -1.59. The van der Waals surface area contributed by atoms with E-state index in [0.717, 1.165) is 10.7 Å². The van der Waals surface area contributed by atoms with Crippen LogP contribution in [0.5, 0.6) is 5.75 Å². The highest BCUT2D eigenvalue weighted by Crippen LogP contribution is 2.27. The lowest BCUT2D eigenvalue weighted by Gasteiger charge is -2.08. The minimum Gasteiger partial charge on any atom is -0.492 e. The van der Waals surface area contributed by atoms with Crippen LogP contribution in [0.1, 0.15) is 37.4 Å². The highest BCUT2D eigenvalue weighted by Gasteiger charge is 2.11. The van der Waals surface area contributed by atoms with Gasteiger partial charge >= 0.3 is 0 Å². The quantitative estimate of drug-likeness (QED) is 0.843. The second-order valence-electron chi connectivity index (χ2n) is 5.13. The molecule has 22 heavy (non-hydrogen) atoms. The number of carbonyl (C=O) groups is 1. The number of amides is 1. The van der Waals surface area contributed by atoms with Gasteiger partial charge in [0.15, 0.2) is 0 Å². The molecule has 1 aromatic carbocycles. The summed E-state index contributed by atoms with van der Waals surface area (Å²) in [4.78, 5) is 16.5. The van der Waals surface area contributed by atoms with E-state index < -0.39 is 0 Å². The Morgan fingerprint density at radius 3 is 2.82 bits per heavy atom. The molecule has 1 amide bonds. The highest BCUT2D eigenvalue weighted by molar-refractivity contribution is 7.09. The van der Waals surface area contributed by atoms with Crippen molar-refractivity contribution in [3.63, 3.8) is 0 Å². The number of nitrogens with one attached hydrogen (secondary N) is 1. The molecule has 0 radical (unpaired) electrons. The number of nitrogens with zero attached hydrogens (tertiary/aromatic N) is 1. The molecule has 0 spiro atoms. The predicted molar refractivity (Wildman–Crippen MR) is 91.2 cm³/mol. The Bertz CT molecular complexity index is 655. The lowest BCUT2D eigenvalue weighted by molar-refractivity contribution is -0.115. The minimum absolute atomic E-state index is 0.110. The molecule has 4 nitrogen and oxygen atoms in total. The molecule has 0 saturated carbocycles. The van der Waals surface area contributed by atoms with Gasteiger partial charge in [-0.05, 0) is 25.1 Å². The van der Waals surface area contributed by atoms with Gasteiger partial charge in [-0.25, -0.2) is 4.98 Å². The van der Waals surface area contributed by atoms with Gasteiger partial charge in [-0.1, -0.05) is 25.4 Å². The zero-order valence-corrected chi connectivity index (χ0v) is 14.4. The maximum atomic E-state index is 12.1. The summed E-state index contributed by atoms with van der Waals surface area (Å²) < 4.78 is 5.36. The zero-order chi connectivity index (χ0) is 16.1. The number of rotatable bonds is 6. The normalized spacial score (nSPS) is 10.8. The highest BCUT2D eigenvalue weighted by atomic mass is 35.5. The largest absolute Gasteiger partial charge is 0.492 e. The van der Waals surface area contributed by atoms with E-state index in [9.17, 15) is 4.79 Å². The Balaban J connectivity index is 1.97. The summed E-state index contributed by atoms with van der Waals surface area (Å²) in [5.41, 5.74) is 1.45. The molecule has 1 heterocycles. The van der Waals surface area contributed by atoms with E-state index in [-0.39, 0.29) is 12.3 Å². The van der Waals surface area contributed by atoms with Gasteiger partial charge in [-0.2, -0.15) is 0 Å². The number of benzene rings is 1. The average molecular weight is 339 g/mol. The number of carbonyl (C=O) groups excluding carboxylic acids is 1. The Labute approximate surface area is 139 Å². The van der Waals surface area contributed by atoms with Crippen LogP contribution < -0.4 is 10.1 Å². The molecule has 0 aliphatic carbocycles. The summed E-state index contributed by atoms with van der Waals surface area (Å²) >= 11 is 7.69. The lowest BCUT2D eigenvalue weighted by atomic mass is 10.2. The first-order valence-corrected chi connectivity index (χ1v) is 8.41. The molecule has 0 fully saturated rings. The summed E-state index contributed by atoms with van der Waals surface area (Å²) in [6.07, 6.45) is 0.258. The van der Waals surface area contributed by atoms with Gasteiger partial charge in [0.1, 0.15) is 5.75 Å². The van der Waals surface area contributed by atoms with E-state index in [1.807, 2.05) is 12.3 Å². The van der Waals surface area contributed by atoms with Crippen molar-refractivity contribution in [3.8, 4) is 5.75 Å². The van der Waals surface area contributed by atoms with Crippen molar-refractivity contribution < 1.29 is 9.53 Å². The van der Waals surface area contributed by atoms with E-state index in [2.05, 4.69) is 24.1 Å². The summed E-state index contributed by atoms with van der Waals surface area (Å²) in [7, 11) is 0. The van der Waals surface area contributed by atoms with Crippen molar-refractivity contribution >= 4 is 34.5 Å². The van der Waals surface area contributed by atoms with Crippen LogP contribution in [-0.2, 0) is 11.2 Å². The maximum absolute atomic E-state index is 12.1. The van der Waals surface area contributed by atoms with Gasteiger partial charge in [-0.15, -0.1) is 11.3 Å². The number of anilines is 1. The second kappa shape index (κ2) is 7.61. The van der Waals surface area contributed by atoms with E-state index in [1.54, 1.807) is 29.5 Å². The molecule has 0 aliphatic heterocycles. The molecular weight excluding hydrogens is 320 g/mol. The number of hydrogen-bond acceptors (Lipinski definition) is 4. The number of halogens is 1. The number of hydrogen-bond donors (Lipinski definition) is 1. The molecule has 0 unspecified atom stereocenters. The lowest BCUT2D eigenvalue weighted by Crippen LogP contribution is -2.14. The SMILES string of the molecule is CCOc1ccc(NC(=O)Cc2csc(C(C)C)n2)cc1Cl. The van der Waals surface area contributed by atoms with Gasteiger partial charge < -0.3 is 10.1 Å². The van der Waals surface area contributed by atoms with Crippen LogP contribution in [0.4, 0.5) is 5.69 Å². The van der Waals surface area contributed by atoms with Crippen LogP contribution in [0.3, 0.4) is 0 Å². The predicted octanol–water partition coefficient (Wildman–Crippen LogP) is 4.50. The molecule has 0 saturated heterocycles. The first kappa shape index (κ1) is 16.8. The van der Waals surface area contributed by atoms with E-state index in [0.29, 0.717) is 29.0 Å². The van der Waals surface area contributed by atoms with Crippen molar-refractivity contribution in [3.05, 3.63) is 39.3 Å². The maximum Gasteiger partial charge on any atom is 0.230 e. The van der Waals surface area contributed by atoms with Crippen molar-refractivity contribution in [2.24, 2.45) is 0 Å². The third kappa shape index (κ3) is 4.45. The van der Waals surface area contributed by atoms with Crippen molar-refractivity contribution in [1.82, 2.24) is 4.98 Å². The Kier molecular flexibility index (Phi) is 5.80. The van der Waals surface area contributed by atoms with Crippen LogP contribution >= 0.6 is 22.9 Å². The minimum atomic E-state index is -0.110. The summed E-state index contributed by atoms with van der Waals surface area (Å²) in [5, 5.41) is 6.29. The van der Waals surface area contributed by atoms with Crippen LogP contribution in [0, 0.1) is 0 Å². The first-order valence-electron chi connectivity index (χ1n) is 7.16. The van der Waals surface area contributed by atoms with Crippen LogP contribution in [0.2, 0.25) is 5.02 Å². The van der Waals surface area contributed by atoms with Gasteiger partial charge in [-0.3, -0.25) is 4.79 Å². The van der Waals surface area contributed by atoms with E-state index in [1.165, 1.54) is 0 Å².